The number of sulfonamides is 1. The van der Waals surface area contributed by atoms with Gasteiger partial charge in [-0.2, -0.15) is 0 Å². The Kier molecular flexibility index (Phi) is 10.3. The van der Waals surface area contributed by atoms with Gasteiger partial charge in [0.2, 0.25) is 11.8 Å². The number of benzene rings is 3. The van der Waals surface area contributed by atoms with Crippen molar-refractivity contribution in [2.75, 3.05) is 10.8 Å². The fourth-order valence-corrected chi connectivity index (χ4v) is 6.67. The molecule has 42 heavy (non-hydrogen) atoms. The normalized spacial score (nSPS) is 14.5. The molecule has 4 rings (SSSR count). The first-order valence-electron chi connectivity index (χ1n) is 14.2. The van der Waals surface area contributed by atoms with E-state index in [2.05, 4.69) is 5.32 Å². The first kappa shape index (κ1) is 30.7. The van der Waals surface area contributed by atoms with Crippen LogP contribution in [0.15, 0.2) is 89.8 Å². The fraction of sp³-hybridized carbons (Fsp3) is 0.355. The number of hydrogen-bond acceptors (Lipinski definition) is 6. The summed E-state index contributed by atoms with van der Waals surface area (Å²) < 4.78 is 28.6. The van der Waals surface area contributed by atoms with Crippen molar-refractivity contribution in [1.29, 1.82) is 0 Å². The lowest BCUT2D eigenvalue weighted by molar-refractivity contribution is -0.384. The number of carbonyl (C=O) groups excluding carboxylic acids is 2. The zero-order valence-electron chi connectivity index (χ0n) is 23.6. The molecule has 0 aliphatic heterocycles. The van der Waals surface area contributed by atoms with Crippen LogP contribution < -0.4 is 9.62 Å². The maximum absolute atomic E-state index is 14.1. The summed E-state index contributed by atoms with van der Waals surface area (Å²) in [5, 5.41) is 14.4. The van der Waals surface area contributed by atoms with Gasteiger partial charge in [-0.15, -0.1) is 0 Å². The Morgan fingerprint density at radius 3 is 2.10 bits per heavy atom. The predicted molar refractivity (Wildman–Crippen MR) is 160 cm³/mol. The molecule has 0 saturated heterocycles. The van der Waals surface area contributed by atoms with E-state index in [1.165, 1.54) is 41.3 Å². The molecule has 0 aromatic heterocycles. The summed E-state index contributed by atoms with van der Waals surface area (Å²) in [6, 6.07) is 21.1. The molecule has 1 atom stereocenters. The Bertz CT molecular complexity index is 1460. The van der Waals surface area contributed by atoms with Gasteiger partial charge in [-0.3, -0.25) is 24.0 Å². The largest absolute Gasteiger partial charge is 0.352 e. The first-order valence-corrected chi connectivity index (χ1v) is 15.6. The molecule has 0 heterocycles. The van der Waals surface area contributed by atoms with E-state index in [1.807, 2.05) is 37.3 Å². The molecule has 0 bridgehead atoms. The maximum atomic E-state index is 14.1. The summed E-state index contributed by atoms with van der Waals surface area (Å²) in [5.74, 6) is -0.830. The van der Waals surface area contributed by atoms with E-state index in [0.717, 1.165) is 42.0 Å². The van der Waals surface area contributed by atoms with Crippen LogP contribution in [0.4, 0.5) is 11.4 Å². The van der Waals surface area contributed by atoms with Gasteiger partial charge in [0, 0.05) is 24.7 Å². The van der Waals surface area contributed by atoms with Gasteiger partial charge in [0.1, 0.15) is 12.6 Å². The van der Waals surface area contributed by atoms with Crippen molar-refractivity contribution in [2.45, 2.75) is 69.0 Å². The highest BCUT2D eigenvalue weighted by Gasteiger charge is 2.34. The van der Waals surface area contributed by atoms with Crippen LogP contribution in [0.3, 0.4) is 0 Å². The summed E-state index contributed by atoms with van der Waals surface area (Å²) in [7, 11) is -4.25. The molecule has 3 aromatic rings. The highest BCUT2D eigenvalue weighted by molar-refractivity contribution is 7.92. The Balaban J connectivity index is 1.69. The van der Waals surface area contributed by atoms with Crippen LogP contribution >= 0.6 is 0 Å². The van der Waals surface area contributed by atoms with E-state index in [9.17, 15) is 28.1 Å². The number of rotatable bonds is 12. The number of amides is 2. The molecule has 0 spiro atoms. The Morgan fingerprint density at radius 1 is 0.929 bits per heavy atom. The number of anilines is 1. The van der Waals surface area contributed by atoms with Crippen molar-refractivity contribution in [3.63, 3.8) is 0 Å². The fourth-order valence-electron chi connectivity index (χ4n) is 5.23. The molecule has 1 unspecified atom stereocenters. The molecule has 222 valence electrons. The lowest BCUT2D eigenvalue weighted by atomic mass is 9.95. The number of non-ortho nitro benzene ring substituents is 1. The SMILES string of the molecule is CCC(C(=O)NC1CCCCC1)N(Cc1ccccc1)C(=O)CN(c1ccc([N+](=O)[O-])cc1)S(=O)(=O)c1ccccc1. The summed E-state index contributed by atoms with van der Waals surface area (Å²) in [6.45, 7) is 1.33. The summed E-state index contributed by atoms with van der Waals surface area (Å²) >= 11 is 0. The molecule has 2 amide bonds. The summed E-state index contributed by atoms with van der Waals surface area (Å²) in [6.07, 6.45) is 5.32. The van der Waals surface area contributed by atoms with Crippen molar-refractivity contribution < 1.29 is 22.9 Å². The van der Waals surface area contributed by atoms with Gasteiger partial charge in [0.05, 0.1) is 15.5 Å². The Labute approximate surface area is 246 Å². The van der Waals surface area contributed by atoms with Crippen LogP contribution in [-0.4, -0.2) is 48.7 Å². The van der Waals surface area contributed by atoms with E-state index < -0.39 is 33.4 Å². The van der Waals surface area contributed by atoms with Crippen LogP contribution in [0.2, 0.25) is 0 Å². The second-order valence-corrected chi connectivity index (χ2v) is 12.2. The minimum atomic E-state index is -4.25. The molecule has 10 nitrogen and oxygen atoms in total. The lowest BCUT2D eigenvalue weighted by Crippen LogP contribution is -2.54. The number of hydrogen-bond donors (Lipinski definition) is 1. The van der Waals surface area contributed by atoms with Crippen molar-refractivity contribution >= 4 is 33.2 Å². The maximum Gasteiger partial charge on any atom is 0.269 e. The number of carbonyl (C=O) groups is 2. The third kappa shape index (κ3) is 7.52. The zero-order chi connectivity index (χ0) is 30.1. The Hall–Kier alpha value is -4.25. The van der Waals surface area contributed by atoms with Gasteiger partial charge in [0.15, 0.2) is 0 Å². The van der Waals surface area contributed by atoms with Crippen LogP contribution in [0, 0.1) is 10.1 Å². The molecule has 1 fully saturated rings. The number of nitro groups is 1. The van der Waals surface area contributed by atoms with Crippen molar-refractivity contribution in [3.05, 3.63) is 101 Å². The molecule has 1 saturated carbocycles. The molecule has 3 aromatic carbocycles. The smallest absolute Gasteiger partial charge is 0.269 e. The molecule has 11 heteroatoms. The third-order valence-corrected chi connectivity index (χ3v) is 9.28. The van der Waals surface area contributed by atoms with E-state index in [4.69, 9.17) is 0 Å². The van der Waals surface area contributed by atoms with Crippen LogP contribution in [0.5, 0.6) is 0 Å². The van der Waals surface area contributed by atoms with E-state index in [-0.39, 0.29) is 34.8 Å². The van der Waals surface area contributed by atoms with Crippen molar-refractivity contribution in [1.82, 2.24) is 10.2 Å². The van der Waals surface area contributed by atoms with Crippen LogP contribution in [0.1, 0.15) is 51.0 Å². The second-order valence-electron chi connectivity index (χ2n) is 10.4. The van der Waals surface area contributed by atoms with Gasteiger partial charge in [-0.1, -0.05) is 74.7 Å². The van der Waals surface area contributed by atoms with Gasteiger partial charge < -0.3 is 10.2 Å². The van der Waals surface area contributed by atoms with Crippen LogP contribution in [-0.2, 0) is 26.2 Å². The van der Waals surface area contributed by atoms with Gasteiger partial charge >= 0.3 is 0 Å². The van der Waals surface area contributed by atoms with Gasteiger partial charge in [-0.25, -0.2) is 8.42 Å². The molecular weight excluding hydrogens is 556 g/mol. The van der Waals surface area contributed by atoms with E-state index in [0.29, 0.717) is 6.42 Å². The van der Waals surface area contributed by atoms with E-state index >= 15 is 0 Å². The number of nitrogens with zero attached hydrogens (tertiary/aromatic N) is 3. The molecular formula is C31H36N4O6S. The van der Waals surface area contributed by atoms with Gasteiger partial charge in [-0.05, 0) is 49.1 Å². The van der Waals surface area contributed by atoms with Crippen LogP contribution in [0.25, 0.3) is 0 Å². The molecule has 1 aliphatic rings. The summed E-state index contributed by atoms with van der Waals surface area (Å²) in [5.41, 5.74) is 0.679. The Morgan fingerprint density at radius 2 is 1.52 bits per heavy atom. The number of nitrogens with one attached hydrogen (secondary N) is 1. The minimum absolute atomic E-state index is 0.0344. The standard InChI is InChI=1S/C31H36N4O6S/c1-2-29(31(37)32-25-14-8-4-9-15-25)33(22-24-12-6-3-7-13-24)30(36)23-34(26-18-20-27(21-19-26)35(38)39)42(40,41)28-16-10-5-11-17-28/h3,5-7,10-13,16-21,25,29H,2,4,8-9,14-15,22-23H2,1H3,(H,32,37). The average Bonchev–Trinajstić information content (AvgIpc) is 3.01. The first-order chi connectivity index (χ1) is 20.2. The average molecular weight is 593 g/mol. The van der Waals surface area contributed by atoms with Crippen molar-refractivity contribution in [3.8, 4) is 0 Å². The third-order valence-electron chi connectivity index (χ3n) is 7.49. The molecule has 1 aliphatic carbocycles. The topological polar surface area (TPSA) is 130 Å². The van der Waals surface area contributed by atoms with Crippen molar-refractivity contribution in [2.24, 2.45) is 0 Å². The highest BCUT2D eigenvalue weighted by Crippen LogP contribution is 2.27. The minimum Gasteiger partial charge on any atom is -0.352 e. The van der Waals surface area contributed by atoms with Gasteiger partial charge in [0.25, 0.3) is 15.7 Å². The summed E-state index contributed by atoms with van der Waals surface area (Å²) in [4.78, 5) is 39.7. The molecule has 1 N–H and O–H groups in total. The quantitative estimate of drug-likeness (QED) is 0.232. The lowest BCUT2D eigenvalue weighted by Gasteiger charge is -2.34. The zero-order valence-corrected chi connectivity index (χ0v) is 24.4. The van der Waals surface area contributed by atoms with E-state index in [1.54, 1.807) is 18.2 Å². The monoisotopic (exact) mass is 592 g/mol. The molecule has 0 radical (unpaired) electrons. The predicted octanol–water partition coefficient (Wildman–Crippen LogP) is 5.05. The second kappa shape index (κ2) is 14.1. The number of nitro benzene ring substituents is 1. The highest BCUT2D eigenvalue weighted by atomic mass is 32.2.